The van der Waals surface area contributed by atoms with E-state index < -0.39 is 27.9 Å². The first-order valence-electron chi connectivity index (χ1n) is 9.90. The summed E-state index contributed by atoms with van der Waals surface area (Å²) < 4.78 is 25.6. The van der Waals surface area contributed by atoms with Gasteiger partial charge in [-0.25, -0.2) is 12.7 Å². The van der Waals surface area contributed by atoms with Gasteiger partial charge in [0.1, 0.15) is 0 Å². The van der Waals surface area contributed by atoms with Gasteiger partial charge in [0.15, 0.2) is 0 Å². The molecule has 0 aliphatic heterocycles. The Morgan fingerprint density at radius 2 is 1.70 bits per heavy atom. The molecule has 3 aromatic rings. The number of rotatable bonds is 7. The lowest BCUT2D eigenvalue weighted by atomic mass is 9.99. The van der Waals surface area contributed by atoms with Crippen LogP contribution in [-0.4, -0.2) is 32.5 Å². The number of anilines is 1. The largest absolute Gasteiger partial charge is 0.366 e. The van der Waals surface area contributed by atoms with Gasteiger partial charge >= 0.3 is 0 Å². The molecular weight excluding hydrogens is 440 g/mol. The summed E-state index contributed by atoms with van der Waals surface area (Å²) in [6.07, 6.45) is 0.981. The SMILES string of the molecule is CS(=O)(=O)N(C(=O)[C@@H](N)Cc1cccc(C#N)c1)c1ccc(-c2ccccc2C(N)=O)cc1. The highest BCUT2D eigenvalue weighted by molar-refractivity contribution is 7.92. The molecule has 2 amide bonds. The number of primary amides is 1. The van der Waals surface area contributed by atoms with E-state index in [0.717, 1.165) is 6.26 Å². The summed E-state index contributed by atoms with van der Waals surface area (Å²) in [6.45, 7) is 0. The van der Waals surface area contributed by atoms with Gasteiger partial charge in [-0.15, -0.1) is 0 Å². The van der Waals surface area contributed by atoms with Crippen molar-refractivity contribution in [1.29, 1.82) is 5.26 Å². The maximum atomic E-state index is 13.0. The molecule has 3 aromatic carbocycles. The average Bonchev–Trinajstić information content (AvgIpc) is 2.78. The van der Waals surface area contributed by atoms with Crippen LogP contribution in [0.5, 0.6) is 0 Å². The van der Waals surface area contributed by atoms with Crippen molar-refractivity contribution in [2.24, 2.45) is 11.5 Å². The van der Waals surface area contributed by atoms with E-state index in [0.29, 0.717) is 32.1 Å². The van der Waals surface area contributed by atoms with Gasteiger partial charge in [-0.2, -0.15) is 5.26 Å². The normalized spacial score (nSPS) is 11.9. The molecule has 0 saturated carbocycles. The van der Waals surface area contributed by atoms with Crippen molar-refractivity contribution < 1.29 is 18.0 Å². The molecule has 0 unspecified atom stereocenters. The topological polar surface area (TPSA) is 147 Å². The predicted molar refractivity (Wildman–Crippen MR) is 126 cm³/mol. The minimum atomic E-state index is -3.99. The summed E-state index contributed by atoms with van der Waals surface area (Å²) >= 11 is 0. The van der Waals surface area contributed by atoms with Gasteiger partial charge in [-0.1, -0.05) is 42.5 Å². The van der Waals surface area contributed by atoms with Crippen LogP contribution in [0.25, 0.3) is 11.1 Å². The van der Waals surface area contributed by atoms with E-state index in [1.165, 1.54) is 12.1 Å². The number of carbonyl (C=O) groups is 2. The Labute approximate surface area is 192 Å². The van der Waals surface area contributed by atoms with Gasteiger partial charge in [-0.3, -0.25) is 9.59 Å². The number of hydrogen-bond acceptors (Lipinski definition) is 6. The van der Waals surface area contributed by atoms with Crippen LogP contribution in [0.15, 0.2) is 72.8 Å². The maximum Gasteiger partial charge on any atom is 0.257 e. The van der Waals surface area contributed by atoms with Gasteiger partial charge in [0.25, 0.3) is 5.91 Å². The third kappa shape index (κ3) is 5.44. The maximum absolute atomic E-state index is 13.0. The van der Waals surface area contributed by atoms with Crippen molar-refractivity contribution in [2.45, 2.75) is 12.5 Å². The Morgan fingerprint density at radius 3 is 2.30 bits per heavy atom. The third-order valence-corrected chi connectivity index (χ3v) is 6.02. The van der Waals surface area contributed by atoms with Crippen molar-refractivity contribution in [3.63, 3.8) is 0 Å². The van der Waals surface area contributed by atoms with Gasteiger partial charge in [-0.05, 0) is 53.4 Å². The Bertz CT molecular complexity index is 1350. The first-order valence-corrected chi connectivity index (χ1v) is 11.7. The van der Waals surface area contributed by atoms with E-state index in [9.17, 15) is 18.0 Å². The minimum absolute atomic E-state index is 0.0600. The number of nitriles is 1. The van der Waals surface area contributed by atoms with Gasteiger partial charge in [0.2, 0.25) is 15.9 Å². The summed E-state index contributed by atoms with van der Waals surface area (Å²) in [6, 6.07) is 20.4. The van der Waals surface area contributed by atoms with Crippen molar-refractivity contribution >= 4 is 27.5 Å². The van der Waals surface area contributed by atoms with Crippen LogP contribution in [0.3, 0.4) is 0 Å². The Kier molecular flexibility index (Phi) is 6.92. The molecule has 0 aliphatic carbocycles. The summed E-state index contributed by atoms with van der Waals surface area (Å²) in [5, 5.41) is 9.04. The molecule has 1 atom stereocenters. The smallest absolute Gasteiger partial charge is 0.257 e. The van der Waals surface area contributed by atoms with Crippen LogP contribution in [0, 0.1) is 11.3 Å². The quantitative estimate of drug-likeness (QED) is 0.550. The number of carbonyl (C=O) groups excluding carboxylic acids is 2. The van der Waals surface area contributed by atoms with E-state index in [1.54, 1.807) is 60.7 Å². The van der Waals surface area contributed by atoms with Gasteiger partial charge in [0, 0.05) is 5.56 Å². The fourth-order valence-electron chi connectivity index (χ4n) is 3.47. The zero-order valence-electron chi connectivity index (χ0n) is 17.8. The average molecular weight is 463 g/mol. The molecule has 0 radical (unpaired) electrons. The second-order valence-corrected chi connectivity index (χ2v) is 9.28. The highest BCUT2D eigenvalue weighted by atomic mass is 32.2. The van der Waals surface area contributed by atoms with Crippen LogP contribution in [0.2, 0.25) is 0 Å². The van der Waals surface area contributed by atoms with Crippen LogP contribution >= 0.6 is 0 Å². The van der Waals surface area contributed by atoms with Gasteiger partial charge in [0.05, 0.1) is 29.6 Å². The zero-order chi connectivity index (χ0) is 24.2. The molecule has 0 saturated heterocycles. The lowest BCUT2D eigenvalue weighted by molar-refractivity contribution is -0.118. The van der Waals surface area contributed by atoms with Crippen molar-refractivity contribution in [3.05, 3.63) is 89.5 Å². The third-order valence-electron chi connectivity index (χ3n) is 4.97. The molecule has 0 bridgehead atoms. The van der Waals surface area contributed by atoms with E-state index >= 15 is 0 Å². The number of benzene rings is 3. The highest BCUT2D eigenvalue weighted by Crippen LogP contribution is 2.27. The van der Waals surface area contributed by atoms with Crippen molar-refractivity contribution in [2.75, 3.05) is 10.6 Å². The minimum Gasteiger partial charge on any atom is -0.366 e. The van der Waals surface area contributed by atoms with E-state index in [4.69, 9.17) is 16.7 Å². The monoisotopic (exact) mass is 462 g/mol. The molecule has 9 heteroatoms. The lowest BCUT2D eigenvalue weighted by Crippen LogP contribution is -2.47. The van der Waals surface area contributed by atoms with E-state index in [2.05, 4.69) is 0 Å². The van der Waals surface area contributed by atoms with Crippen LogP contribution in [0.1, 0.15) is 21.5 Å². The summed E-state index contributed by atoms with van der Waals surface area (Å²) in [7, 11) is -3.99. The number of hydrogen-bond donors (Lipinski definition) is 2. The van der Waals surface area contributed by atoms with E-state index in [-0.39, 0.29) is 12.1 Å². The number of nitrogens with zero attached hydrogens (tertiary/aromatic N) is 2. The lowest BCUT2D eigenvalue weighted by Gasteiger charge is -2.24. The van der Waals surface area contributed by atoms with Crippen molar-refractivity contribution in [3.8, 4) is 17.2 Å². The number of nitrogens with two attached hydrogens (primary N) is 2. The van der Waals surface area contributed by atoms with Crippen LogP contribution in [-0.2, 0) is 21.2 Å². The van der Waals surface area contributed by atoms with Crippen LogP contribution in [0.4, 0.5) is 5.69 Å². The highest BCUT2D eigenvalue weighted by Gasteiger charge is 2.30. The van der Waals surface area contributed by atoms with Crippen LogP contribution < -0.4 is 15.8 Å². The molecule has 33 heavy (non-hydrogen) atoms. The fourth-order valence-corrected chi connectivity index (χ4v) is 4.43. The molecule has 0 aliphatic rings. The molecule has 0 heterocycles. The molecule has 0 fully saturated rings. The molecule has 4 N–H and O–H groups in total. The molecule has 3 rings (SSSR count). The predicted octanol–water partition coefficient (Wildman–Crippen LogP) is 2.19. The molecular formula is C24H22N4O4S. The Hall–Kier alpha value is -4.00. The fraction of sp³-hybridized carbons (Fsp3) is 0.125. The molecule has 0 aromatic heterocycles. The first kappa shape index (κ1) is 23.7. The zero-order valence-corrected chi connectivity index (χ0v) is 18.6. The molecule has 168 valence electrons. The second-order valence-electron chi connectivity index (χ2n) is 7.45. The second kappa shape index (κ2) is 9.65. The molecule has 0 spiro atoms. The Morgan fingerprint density at radius 1 is 1.03 bits per heavy atom. The van der Waals surface area contributed by atoms with Crippen molar-refractivity contribution in [1.82, 2.24) is 0 Å². The standard InChI is InChI=1S/C24H22N4O4S/c1-33(31,32)28(24(30)22(26)14-16-5-4-6-17(13-16)15-25)19-11-9-18(10-12-19)20-7-2-3-8-21(20)23(27)29/h2-13,22H,14,26H2,1H3,(H2,27,29)/t22-/m0/s1. The van der Waals surface area contributed by atoms with E-state index in [1.807, 2.05) is 6.07 Å². The molecule has 8 nitrogen and oxygen atoms in total. The van der Waals surface area contributed by atoms with Gasteiger partial charge < -0.3 is 11.5 Å². The number of amides is 2. The summed E-state index contributed by atoms with van der Waals surface area (Å²) in [5.41, 5.74) is 14.2. The summed E-state index contributed by atoms with van der Waals surface area (Å²) in [4.78, 5) is 24.8. The Balaban J connectivity index is 1.91. The first-order chi connectivity index (χ1) is 15.6. The number of sulfonamides is 1. The summed E-state index contributed by atoms with van der Waals surface area (Å²) in [5.74, 6) is -1.39.